The van der Waals surface area contributed by atoms with Crippen LogP contribution in [0.15, 0.2) is 46.7 Å². The summed E-state index contributed by atoms with van der Waals surface area (Å²) in [5, 5.41) is 0.168. The highest BCUT2D eigenvalue weighted by molar-refractivity contribution is 7.91. The van der Waals surface area contributed by atoms with E-state index in [-0.39, 0.29) is 9.92 Å². The van der Waals surface area contributed by atoms with Gasteiger partial charge in [0.05, 0.1) is 16.8 Å². The van der Waals surface area contributed by atoms with Crippen molar-refractivity contribution in [2.45, 2.75) is 9.92 Å². The van der Waals surface area contributed by atoms with Crippen LogP contribution in [0.2, 0.25) is 0 Å². The summed E-state index contributed by atoms with van der Waals surface area (Å²) in [5.41, 5.74) is 3.52. The molecule has 0 saturated heterocycles. The maximum Gasteiger partial charge on any atom is 0.227 e. The minimum atomic E-state index is -3.42. The van der Waals surface area contributed by atoms with E-state index in [1.165, 1.54) is 17.2 Å². The number of aromatic nitrogens is 2. The number of fused-ring (bicyclic) bond motifs is 2. The number of nitrogens with zero attached hydrogens (tertiary/aromatic N) is 2. The van der Waals surface area contributed by atoms with Gasteiger partial charge < -0.3 is 0 Å². The Morgan fingerprint density at radius 1 is 1.27 bits per heavy atom. The maximum absolute atomic E-state index is 12.1. The number of hydrogen-bond donors (Lipinski definition) is 1. The van der Waals surface area contributed by atoms with Crippen molar-refractivity contribution in [2.75, 3.05) is 5.43 Å². The Hall–Kier alpha value is -1.82. The smallest absolute Gasteiger partial charge is 0.227 e. The third-order valence-electron chi connectivity index (χ3n) is 2.30. The lowest BCUT2D eigenvalue weighted by atomic mass is 10.3. The molecule has 76 valence electrons. The lowest BCUT2D eigenvalue weighted by molar-refractivity contribution is 0.583. The molecule has 5 nitrogen and oxygen atoms in total. The van der Waals surface area contributed by atoms with Crippen molar-refractivity contribution in [3.63, 3.8) is 0 Å². The first-order chi connectivity index (χ1) is 7.19. The summed E-state index contributed by atoms with van der Waals surface area (Å²) < 4.78 is 25.5. The van der Waals surface area contributed by atoms with Crippen molar-refractivity contribution in [3.05, 3.63) is 36.8 Å². The quantitative estimate of drug-likeness (QED) is 0.612. The number of anilines is 1. The minimum absolute atomic E-state index is 0.168. The van der Waals surface area contributed by atoms with Crippen molar-refractivity contribution < 1.29 is 8.42 Å². The van der Waals surface area contributed by atoms with E-state index in [0.29, 0.717) is 5.69 Å². The van der Waals surface area contributed by atoms with Gasteiger partial charge in [0.15, 0.2) is 5.03 Å². The molecule has 0 aliphatic carbocycles. The highest BCUT2D eigenvalue weighted by Gasteiger charge is 2.29. The predicted molar refractivity (Wildman–Crippen MR) is 53.1 cm³/mol. The molecule has 0 unspecified atom stereocenters. The zero-order chi connectivity index (χ0) is 10.5. The van der Waals surface area contributed by atoms with Crippen LogP contribution in [0.3, 0.4) is 0 Å². The normalized spacial score (nSPS) is 16.3. The standard InChI is InChI=1S/C9H7N3O2S/c13-15(14)8-4-2-1-3-7(8)11-12-6-10-5-9(12)15/h1-6,11H. The number of sulfone groups is 1. The van der Waals surface area contributed by atoms with Crippen LogP contribution in [-0.4, -0.2) is 18.1 Å². The minimum Gasteiger partial charge on any atom is -0.291 e. The van der Waals surface area contributed by atoms with Crippen LogP contribution in [-0.2, 0) is 9.84 Å². The van der Waals surface area contributed by atoms with Gasteiger partial charge in [-0.3, -0.25) is 5.43 Å². The van der Waals surface area contributed by atoms with Gasteiger partial charge >= 0.3 is 0 Å². The molecule has 0 amide bonds. The van der Waals surface area contributed by atoms with Crippen LogP contribution >= 0.6 is 0 Å². The second kappa shape index (κ2) is 2.60. The van der Waals surface area contributed by atoms with Crippen LogP contribution in [0.4, 0.5) is 5.69 Å². The van der Waals surface area contributed by atoms with Gasteiger partial charge in [-0.2, -0.15) is 0 Å². The number of para-hydroxylation sites is 1. The van der Waals surface area contributed by atoms with Crippen molar-refractivity contribution in [2.24, 2.45) is 0 Å². The fourth-order valence-electron chi connectivity index (χ4n) is 1.60. The van der Waals surface area contributed by atoms with E-state index in [0.717, 1.165) is 0 Å². The summed E-state index contributed by atoms with van der Waals surface area (Å²) in [6, 6.07) is 6.78. The Balaban J connectivity index is 2.39. The van der Waals surface area contributed by atoms with Gasteiger partial charge in [0.25, 0.3) is 0 Å². The van der Waals surface area contributed by atoms with Crippen LogP contribution in [0, 0.1) is 0 Å². The topological polar surface area (TPSA) is 64.0 Å². The number of imidazole rings is 1. The molecule has 1 aromatic heterocycles. The highest BCUT2D eigenvalue weighted by Crippen LogP contribution is 2.31. The number of hydrogen-bond acceptors (Lipinski definition) is 4. The van der Waals surface area contributed by atoms with Crippen LogP contribution in [0.25, 0.3) is 0 Å². The molecule has 6 heteroatoms. The molecule has 2 aromatic rings. The summed E-state index contributed by atoms with van der Waals surface area (Å²) in [7, 11) is -3.42. The number of benzene rings is 1. The monoisotopic (exact) mass is 221 g/mol. The first-order valence-electron chi connectivity index (χ1n) is 4.33. The lowest BCUT2D eigenvalue weighted by Gasteiger charge is -2.19. The number of rotatable bonds is 0. The molecule has 0 radical (unpaired) electrons. The number of nitrogens with one attached hydrogen (secondary N) is 1. The second-order valence-corrected chi connectivity index (χ2v) is 5.08. The van der Waals surface area contributed by atoms with Crippen molar-refractivity contribution >= 4 is 15.5 Å². The highest BCUT2D eigenvalue weighted by atomic mass is 32.2. The molecule has 0 fully saturated rings. The second-order valence-electron chi connectivity index (χ2n) is 3.21. The largest absolute Gasteiger partial charge is 0.291 e. The van der Waals surface area contributed by atoms with Gasteiger partial charge in [0.1, 0.15) is 6.33 Å². The predicted octanol–water partition coefficient (Wildman–Crippen LogP) is 0.904. The van der Waals surface area contributed by atoms with Gasteiger partial charge in [-0.1, -0.05) is 12.1 Å². The summed E-state index contributed by atoms with van der Waals surface area (Å²) in [6.07, 6.45) is 2.76. The molecule has 0 atom stereocenters. The average Bonchev–Trinajstić information content (AvgIpc) is 2.67. The fraction of sp³-hybridized carbons (Fsp3) is 0. The SMILES string of the molecule is O=S1(=O)c2ccccc2Nn2cncc21. The van der Waals surface area contributed by atoms with E-state index in [1.807, 2.05) is 0 Å². The van der Waals surface area contributed by atoms with Crippen molar-refractivity contribution in [1.82, 2.24) is 9.66 Å². The molecule has 1 N–H and O–H groups in total. The molecule has 15 heavy (non-hydrogen) atoms. The van der Waals surface area contributed by atoms with E-state index in [1.54, 1.807) is 24.3 Å². The fourth-order valence-corrected chi connectivity index (χ4v) is 3.04. The van der Waals surface area contributed by atoms with E-state index in [4.69, 9.17) is 0 Å². The molecule has 3 rings (SSSR count). The molecule has 1 aromatic carbocycles. The molecule has 0 bridgehead atoms. The average molecular weight is 221 g/mol. The van der Waals surface area contributed by atoms with Gasteiger partial charge in [-0.15, -0.1) is 0 Å². The Kier molecular flexibility index (Phi) is 1.47. The molecular formula is C9H7N3O2S. The Labute approximate surface area is 86.3 Å². The van der Waals surface area contributed by atoms with E-state index < -0.39 is 9.84 Å². The Morgan fingerprint density at radius 2 is 2.07 bits per heavy atom. The van der Waals surface area contributed by atoms with E-state index in [2.05, 4.69) is 10.4 Å². The zero-order valence-electron chi connectivity index (χ0n) is 7.58. The van der Waals surface area contributed by atoms with E-state index >= 15 is 0 Å². The first-order valence-corrected chi connectivity index (χ1v) is 5.81. The summed E-state index contributed by atoms with van der Waals surface area (Å²) in [4.78, 5) is 4.09. The summed E-state index contributed by atoms with van der Waals surface area (Å²) in [5.74, 6) is 0. The molecule has 0 spiro atoms. The molecule has 2 heterocycles. The van der Waals surface area contributed by atoms with Gasteiger partial charge in [0, 0.05) is 0 Å². The third-order valence-corrected chi connectivity index (χ3v) is 4.09. The summed E-state index contributed by atoms with van der Waals surface area (Å²) in [6.45, 7) is 0. The van der Waals surface area contributed by atoms with Gasteiger partial charge in [0.2, 0.25) is 9.84 Å². The van der Waals surface area contributed by atoms with E-state index in [9.17, 15) is 8.42 Å². The van der Waals surface area contributed by atoms with Gasteiger partial charge in [-0.05, 0) is 12.1 Å². The van der Waals surface area contributed by atoms with Crippen LogP contribution in [0.5, 0.6) is 0 Å². The lowest BCUT2D eigenvalue weighted by Crippen LogP contribution is -2.22. The summed E-state index contributed by atoms with van der Waals surface area (Å²) >= 11 is 0. The van der Waals surface area contributed by atoms with Gasteiger partial charge in [-0.25, -0.2) is 18.1 Å². The molecule has 0 saturated carbocycles. The Bertz CT molecular complexity index is 630. The van der Waals surface area contributed by atoms with Crippen molar-refractivity contribution in [1.29, 1.82) is 0 Å². The maximum atomic E-state index is 12.1. The first kappa shape index (κ1) is 8.49. The van der Waals surface area contributed by atoms with Crippen LogP contribution in [0.1, 0.15) is 0 Å². The zero-order valence-corrected chi connectivity index (χ0v) is 8.40. The third kappa shape index (κ3) is 1.02. The molecular weight excluding hydrogens is 214 g/mol. The molecule has 1 aliphatic heterocycles. The molecule has 1 aliphatic rings. The van der Waals surface area contributed by atoms with Crippen molar-refractivity contribution in [3.8, 4) is 0 Å². The Morgan fingerprint density at radius 3 is 2.93 bits per heavy atom. The van der Waals surface area contributed by atoms with Crippen LogP contribution < -0.4 is 5.43 Å².